The van der Waals surface area contributed by atoms with Gasteiger partial charge in [-0.3, -0.25) is 0 Å². The Morgan fingerprint density at radius 2 is 1.92 bits per heavy atom. The zero-order valence-electron chi connectivity index (χ0n) is 7.99. The highest BCUT2D eigenvalue weighted by atomic mass is 16.8. The van der Waals surface area contributed by atoms with Gasteiger partial charge in [0.05, 0.1) is 0 Å². The van der Waals surface area contributed by atoms with Crippen molar-refractivity contribution in [1.82, 2.24) is 0 Å². The zero-order valence-corrected chi connectivity index (χ0v) is 7.99. The van der Waals surface area contributed by atoms with Gasteiger partial charge in [-0.05, 0) is 20.3 Å². The first-order valence-electron chi connectivity index (χ1n) is 4.01. The van der Waals surface area contributed by atoms with Crippen LogP contribution in [0, 0.1) is 0 Å². The van der Waals surface area contributed by atoms with Gasteiger partial charge in [-0.2, -0.15) is 0 Å². The average molecular weight is 190 g/mol. The van der Waals surface area contributed by atoms with Crippen molar-refractivity contribution in [3.63, 3.8) is 0 Å². The molecule has 1 N–H and O–H groups in total. The second-order valence-electron chi connectivity index (χ2n) is 3.23. The molecule has 0 bridgehead atoms. The number of ether oxygens (including phenoxy) is 2. The van der Waals surface area contributed by atoms with E-state index in [2.05, 4.69) is 4.74 Å². The van der Waals surface area contributed by atoms with Crippen LogP contribution >= 0.6 is 0 Å². The minimum atomic E-state index is -1.66. The van der Waals surface area contributed by atoms with Crippen molar-refractivity contribution in [1.29, 1.82) is 0 Å². The SMILES string of the molecule is CCCC(C)(C)OC(=O)OC(=O)O. The lowest BCUT2D eigenvalue weighted by atomic mass is 10.0. The Morgan fingerprint density at radius 1 is 1.38 bits per heavy atom. The standard InChI is InChI=1S/C8H14O5/c1-4-5-8(2,3)13-7(11)12-6(9)10/h4-5H2,1-3H3,(H,9,10). The second kappa shape index (κ2) is 4.69. The largest absolute Gasteiger partial charge is 0.519 e. The maximum absolute atomic E-state index is 10.7. The first-order chi connectivity index (χ1) is 5.87. The summed E-state index contributed by atoms with van der Waals surface area (Å²) in [6.45, 7) is 5.33. The van der Waals surface area contributed by atoms with Crippen LogP contribution in [0.15, 0.2) is 0 Å². The molecule has 0 aliphatic rings. The summed E-state index contributed by atoms with van der Waals surface area (Å²) in [4.78, 5) is 20.6. The van der Waals surface area contributed by atoms with Gasteiger partial charge in [0, 0.05) is 0 Å². The molecule has 13 heavy (non-hydrogen) atoms. The van der Waals surface area contributed by atoms with E-state index in [-0.39, 0.29) is 0 Å². The van der Waals surface area contributed by atoms with Crippen molar-refractivity contribution in [3.8, 4) is 0 Å². The highest BCUT2D eigenvalue weighted by Gasteiger charge is 2.24. The Hall–Kier alpha value is -1.26. The van der Waals surface area contributed by atoms with Crippen LogP contribution in [0.5, 0.6) is 0 Å². The third kappa shape index (κ3) is 5.95. The van der Waals surface area contributed by atoms with Crippen molar-refractivity contribution in [2.75, 3.05) is 0 Å². The van der Waals surface area contributed by atoms with Crippen molar-refractivity contribution in [3.05, 3.63) is 0 Å². The van der Waals surface area contributed by atoms with E-state index < -0.39 is 17.9 Å². The van der Waals surface area contributed by atoms with Gasteiger partial charge >= 0.3 is 12.3 Å². The van der Waals surface area contributed by atoms with E-state index in [9.17, 15) is 9.59 Å². The number of carboxylic acid groups (broad SMARTS) is 1. The average Bonchev–Trinajstić information content (AvgIpc) is 1.81. The molecule has 5 nitrogen and oxygen atoms in total. The lowest BCUT2D eigenvalue weighted by molar-refractivity contribution is -0.0133. The fourth-order valence-electron chi connectivity index (χ4n) is 0.971. The number of carbonyl (C=O) groups excluding carboxylic acids is 1. The smallest absolute Gasteiger partial charge is 0.449 e. The molecule has 0 radical (unpaired) electrons. The normalized spacial score (nSPS) is 10.7. The number of rotatable bonds is 3. The summed E-state index contributed by atoms with van der Waals surface area (Å²) in [7, 11) is 0. The molecule has 0 aromatic carbocycles. The molecule has 0 amide bonds. The first-order valence-corrected chi connectivity index (χ1v) is 4.01. The van der Waals surface area contributed by atoms with Crippen LogP contribution in [-0.4, -0.2) is 23.0 Å². The highest BCUT2D eigenvalue weighted by Crippen LogP contribution is 2.16. The van der Waals surface area contributed by atoms with Crippen LogP contribution in [0.2, 0.25) is 0 Å². The minimum absolute atomic E-state index is 0.654. The van der Waals surface area contributed by atoms with Crippen LogP contribution in [-0.2, 0) is 9.47 Å². The number of carbonyl (C=O) groups is 2. The molecule has 0 unspecified atom stereocenters. The third-order valence-corrected chi connectivity index (χ3v) is 1.38. The fourth-order valence-corrected chi connectivity index (χ4v) is 0.971. The summed E-state index contributed by atoms with van der Waals surface area (Å²) in [5.74, 6) is 0. The quantitative estimate of drug-likeness (QED) is 0.546. The van der Waals surface area contributed by atoms with Crippen LogP contribution < -0.4 is 0 Å². The fraction of sp³-hybridized carbons (Fsp3) is 0.750. The van der Waals surface area contributed by atoms with Crippen molar-refractivity contribution >= 4 is 12.3 Å². The Bertz CT molecular complexity index is 197. The molecule has 0 aromatic rings. The van der Waals surface area contributed by atoms with Gasteiger partial charge in [-0.25, -0.2) is 9.59 Å². The van der Waals surface area contributed by atoms with E-state index >= 15 is 0 Å². The van der Waals surface area contributed by atoms with Gasteiger partial charge in [0.1, 0.15) is 5.60 Å². The van der Waals surface area contributed by atoms with Crippen LogP contribution in [0.1, 0.15) is 33.6 Å². The summed E-state index contributed by atoms with van der Waals surface area (Å²) in [6.07, 6.45) is -1.34. The van der Waals surface area contributed by atoms with Gasteiger partial charge < -0.3 is 14.6 Å². The number of hydrogen-bond acceptors (Lipinski definition) is 4. The third-order valence-electron chi connectivity index (χ3n) is 1.38. The summed E-state index contributed by atoms with van der Waals surface area (Å²) >= 11 is 0. The summed E-state index contributed by atoms with van der Waals surface area (Å²) < 4.78 is 8.53. The van der Waals surface area contributed by atoms with E-state index in [0.29, 0.717) is 6.42 Å². The van der Waals surface area contributed by atoms with Gasteiger partial charge in [-0.15, -0.1) is 0 Å². The van der Waals surface area contributed by atoms with E-state index in [1.54, 1.807) is 13.8 Å². The molecule has 0 atom stereocenters. The molecule has 0 saturated heterocycles. The zero-order chi connectivity index (χ0) is 10.5. The molecule has 0 aliphatic carbocycles. The van der Waals surface area contributed by atoms with Crippen LogP contribution in [0.4, 0.5) is 9.59 Å². The van der Waals surface area contributed by atoms with E-state index in [1.165, 1.54) is 0 Å². The van der Waals surface area contributed by atoms with E-state index in [0.717, 1.165) is 6.42 Å². The van der Waals surface area contributed by atoms with Crippen LogP contribution in [0.3, 0.4) is 0 Å². The van der Waals surface area contributed by atoms with Gasteiger partial charge in [0.2, 0.25) is 0 Å². The molecular weight excluding hydrogens is 176 g/mol. The Kier molecular flexibility index (Phi) is 4.23. The maximum atomic E-state index is 10.7. The minimum Gasteiger partial charge on any atom is -0.449 e. The van der Waals surface area contributed by atoms with E-state index in [4.69, 9.17) is 9.84 Å². The lowest BCUT2D eigenvalue weighted by Crippen LogP contribution is -2.29. The molecule has 0 aliphatic heterocycles. The molecule has 76 valence electrons. The van der Waals surface area contributed by atoms with Crippen molar-refractivity contribution < 1.29 is 24.2 Å². The Labute approximate surface area is 76.6 Å². The summed E-state index contributed by atoms with van der Waals surface area (Å²) in [5.41, 5.74) is -0.679. The Morgan fingerprint density at radius 3 is 2.31 bits per heavy atom. The molecule has 5 heteroatoms. The second-order valence-corrected chi connectivity index (χ2v) is 3.23. The van der Waals surface area contributed by atoms with Crippen molar-refractivity contribution in [2.45, 2.75) is 39.2 Å². The maximum Gasteiger partial charge on any atom is 0.519 e. The first kappa shape index (κ1) is 11.7. The van der Waals surface area contributed by atoms with Gasteiger partial charge in [0.15, 0.2) is 0 Å². The van der Waals surface area contributed by atoms with E-state index in [1.807, 2.05) is 6.92 Å². The topological polar surface area (TPSA) is 72.8 Å². The molecule has 0 rings (SSSR count). The molecule has 0 aromatic heterocycles. The monoisotopic (exact) mass is 190 g/mol. The van der Waals surface area contributed by atoms with Gasteiger partial charge in [-0.1, -0.05) is 13.3 Å². The number of hydrogen-bond donors (Lipinski definition) is 1. The lowest BCUT2D eigenvalue weighted by Gasteiger charge is -2.22. The molecule has 0 heterocycles. The summed E-state index contributed by atoms with van der Waals surface area (Å²) in [6, 6.07) is 0. The predicted molar refractivity (Wildman–Crippen MR) is 44.6 cm³/mol. The molecule has 0 spiro atoms. The van der Waals surface area contributed by atoms with Gasteiger partial charge in [0.25, 0.3) is 0 Å². The molecule has 0 saturated carbocycles. The molecule has 0 fully saturated rings. The predicted octanol–water partition coefficient (Wildman–Crippen LogP) is 2.40. The van der Waals surface area contributed by atoms with Crippen molar-refractivity contribution in [2.24, 2.45) is 0 Å². The molecular formula is C8H14O5. The van der Waals surface area contributed by atoms with Crippen LogP contribution in [0.25, 0.3) is 0 Å². The summed E-state index contributed by atoms with van der Waals surface area (Å²) in [5, 5.41) is 8.09. The highest BCUT2D eigenvalue weighted by molar-refractivity contribution is 5.75. The Balaban J connectivity index is 3.96.